The summed E-state index contributed by atoms with van der Waals surface area (Å²) >= 11 is 1.83. The minimum Gasteiger partial charge on any atom is -0.377 e. The standard InChI is InChI=1S/C15H25NOS/c1-12-5-3-4-6-14(12)17-9-8-16-11-15-13(2)7-10-18-15/h7,10,12,14,16H,3-6,8-9,11H2,1-2H3. The molecule has 3 heteroatoms. The van der Waals surface area contributed by atoms with E-state index in [-0.39, 0.29) is 0 Å². The Morgan fingerprint density at radius 2 is 2.22 bits per heavy atom. The lowest BCUT2D eigenvalue weighted by atomic mass is 9.88. The van der Waals surface area contributed by atoms with Crippen LogP contribution in [-0.2, 0) is 11.3 Å². The highest BCUT2D eigenvalue weighted by atomic mass is 32.1. The van der Waals surface area contributed by atoms with Gasteiger partial charge >= 0.3 is 0 Å². The van der Waals surface area contributed by atoms with Gasteiger partial charge in [-0.3, -0.25) is 0 Å². The molecular formula is C15H25NOS. The van der Waals surface area contributed by atoms with Gasteiger partial charge in [-0.2, -0.15) is 0 Å². The van der Waals surface area contributed by atoms with Gasteiger partial charge in [0.05, 0.1) is 12.7 Å². The van der Waals surface area contributed by atoms with Gasteiger partial charge in [0.2, 0.25) is 0 Å². The molecule has 1 aromatic heterocycles. The van der Waals surface area contributed by atoms with Gasteiger partial charge in [-0.05, 0) is 42.7 Å². The maximum Gasteiger partial charge on any atom is 0.0601 e. The van der Waals surface area contributed by atoms with Crippen LogP contribution in [0.2, 0.25) is 0 Å². The first-order valence-electron chi connectivity index (χ1n) is 7.12. The predicted molar refractivity (Wildman–Crippen MR) is 78.1 cm³/mol. The van der Waals surface area contributed by atoms with Crippen molar-refractivity contribution >= 4 is 11.3 Å². The van der Waals surface area contributed by atoms with Gasteiger partial charge in [-0.1, -0.05) is 19.8 Å². The van der Waals surface area contributed by atoms with Gasteiger partial charge in [0.15, 0.2) is 0 Å². The zero-order chi connectivity index (χ0) is 12.8. The van der Waals surface area contributed by atoms with Crippen molar-refractivity contribution in [2.45, 2.75) is 52.2 Å². The molecule has 102 valence electrons. The first kappa shape index (κ1) is 14.0. The number of thiophene rings is 1. The average molecular weight is 267 g/mol. The number of aryl methyl sites for hydroxylation is 1. The Hall–Kier alpha value is -0.380. The molecule has 2 nitrogen and oxygen atoms in total. The minimum absolute atomic E-state index is 0.504. The van der Waals surface area contributed by atoms with Crippen LogP contribution in [0.3, 0.4) is 0 Å². The van der Waals surface area contributed by atoms with Crippen LogP contribution < -0.4 is 5.32 Å². The molecule has 0 aliphatic heterocycles. The molecule has 2 atom stereocenters. The summed E-state index contributed by atoms with van der Waals surface area (Å²) in [6.45, 7) is 7.28. The Morgan fingerprint density at radius 3 is 2.94 bits per heavy atom. The van der Waals surface area contributed by atoms with E-state index < -0.39 is 0 Å². The van der Waals surface area contributed by atoms with Crippen LogP contribution in [0.1, 0.15) is 43.0 Å². The van der Waals surface area contributed by atoms with Gasteiger partial charge in [-0.15, -0.1) is 11.3 Å². The predicted octanol–water partition coefficient (Wildman–Crippen LogP) is 3.74. The molecule has 0 spiro atoms. The van der Waals surface area contributed by atoms with Crippen LogP contribution in [-0.4, -0.2) is 19.3 Å². The first-order chi connectivity index (χ1) is 8.77. The molecule has 1 aromatic rings. The molecule has 1 saturated carbocycles. The number of ether oxygens (including phenoxy) is 1. The third kappa shape index (κ3) is 4.08. The molecule has 1 heterocycles. The maximum atomic E-state index is 5.99. The second-order valence-electron chi connectivity index (χ2n) is 5.37. The molecular weight excluding hydrogens is 242 g/mol. The van der Waals surface area contributed by atoms with Crippen molar-refractivity contribution in [3.8, 4) is 0 Å². The average Bonchev–Trinajstić information content (AvgIpc) is 2.77. The summed E-state index contributed by atoms with van der Waals surface area (Å²) in [6.07, 6.45) is 5.83. The summed E-state index contributed by atoms with van der Waals surface area (Å²) in [4.78, 5) is 1.45. The Balaban J connectivity index is 1.57. The lowest BCUT2D eigenvalue weighted by Gasteiger charge is -2.28. The van der Waals surface area contributed by atoms with Gasteiger partial charge < -0.3 is 10.1 Å². The molecule has 1 aliphatic carbocycles. The van der Waals surface area contributed by atoms with Crippen LogP contribution in [0.5, 0.6) is 0 Å². The van der Waals surface area contributed by atoms with Crippen molar-refractivity contribution in [3.05, 3.63) is 21.9 Å². The van der Waals surface area contributed by atoms with E-state index in [9.17, 15) is 0 Å². The van der Waals surface area contributed by atoms with E-state index in [0.29, 0.717) is 6.10 Å². The summed E-state index contributed by atoms with van der Waals surface area (Å²) in [5.74, 6) is 0.748. The molecule has 0 saturated heterocycles. The van der Waals surface area contributed by atoms with Crippen molar-refractivity contribution in [1.29, 1.82) is 0 Å². The third-order valence-electron chi connectivity index (χ3n) is 3.90. The fraction of sp³-hybridized carbons (Fsp3) is 0.733. The third-order valence-corrected chi connectivity index (χ3v) is 4.92. The van der Waals surface area contributed by atoms with Crippen molar-refractivity contribution in [1.82, 2.24) is 5.32 Å². The number of hydrogen-bond acceptors (Lipinski definition) is 3. The highest BCUT2D eigenvalue weighted by Gasteiger charge is 2.21. The van der Waals surface area contributed by atoms with E-state index in [0.717, 1.165) is 25.6 Å². The molecule has 2 rings (SSSR count). The van der Waals surface area contributed by atoms with Crippen LogP contribution >= 0.6 is 11.3 Å². The Morgan fingerprint density at radius 1 is 1.39 bits per heavy atom. The molecule has 18 heavy (non-hydrogen) atoms. The van der Waals surface area contributed by atoms with Crippen molar-refractivity contribution in [3.63, 3.8) is 0 Å². The second-order valence-corrected chi connectivity index (χ2v) is 6.38. The van der Waals surface area contributed by atoms with E-state index in [1.54, 1.807) is 0 Å². The van der Waals surface area contributed by atoms with Crippen molar-refractivity contribution in [2.24, 2.45) is 5.92 Å². The molecule has 2 unspecified atom stereocenters. The molecule has 1 aliphatic rings. The van der Waals surface area contributed by atoms with Crippen LogP contribution in [0.4, 0.5) is 0 Å². The zero-order valence-electron chi connectivity index (χ0n) is 11.6. The Kier molecular flexibility index (Phi) is 5.67. The lowest BCUT2D eigenvalue weighted by molar-refractivity contribution is -0.00321. The topological polar surface area (TPSA) is 21.3 Å². The molecule has 1 fully saturated rings. The number of rotatable bonds is 6. The minimum atomic E-state index is 0.504. The smallest absolute Gasteiger partial charge is 0.0601 e. The molecule has 0 radical (unpaired) electrons. The summed E-state index contributed by atoms with van der Waals surface area (Å²) in [7, 11) is 0. The van der Waals surface area contributed by atoms with E-state index in [2.05, 4.69) is 30.6 Å². The lowest BCUT2D eigenvalue weighted by Crippen LogP contribution is -2.29. The molecule has 0 bridgehead atoms. The first-order valence-corrected chi connectivity index (χ1v) is 8.00. The fourth-order valence-electron chi connectivity index (χ4n) is 2.60. The van der Waals surface area contributed by atoms with E-state index in [1.807, 2.05) is 11.3 Å². The largest absolute Gasteiger partial charge is 0.377 e. The van der Waals surface area contributed by atoms with Crippen LogP contribution in [0.25, 0.3) is 0 Å². The van der Waals surface area contributed by atoms with E-state index in [4.69, 9.17) is 4.74 Å². The van der Waals surface area contributed by atoms with Gasteiger partial charge in [-0.25, -0.2) is 0 Å². The van der Waals surface area contributed by atoms with Crippen LogP contribution in [0.15, 0.2) is 11.4 Å². The second kappa shape index (κ2) is 7.27. The summed E-state index contributed by atoms with van der Waals surface area (Å²) in [5.41, 5.74) is 1.40. The SMILES string of the molecule is Cc1ccsc1CNCCOC1CCCCC1C. The Labute approximate surface area is 115 Å². The fourth-order valence-corrected chi connectivity index (χ4v) is 3.48. The summed E-state index contributed by atoms with van der Waals surface area (Å²) in [6, 6.07) is 2.18. The number of hydrogen-bond donors (Lipinski definition) is 1. The monoisotopic (exact) mass is 267 g/mol. The van der Waals surface area contributed by atoms with E-state index >= 15 is 0 Å². The molecule has 0 amide bonds. The normalized spacial score (nSPS) is 24.3. The number of nitrogens with one attached hydrogen (secondary N) is 1. The maximum absolute atomic E-state index is 5.99. The quantitative estimate of drug-likeness (QED) is 0.793. The van der Waals surface area contributed by atoms with E-state index in [1.165, 1.54) is 36.1 Å². The van der Waals surface area contributed by atoms with Crippen LogP contribution in [0, 0.1) is 12.8 Å². The van der Waals surface area contributed by atoms with Gasteiger partial charge in [0.25, 0.3) is 0 Å². The summed E-state index contributed by atoms with van der Waals surface area (Å²) in [5, 5.41) is 5.63. The highest BCUT2D eigenvalue weighted by molar-refractivity contribution is 7.10. The zero-order valence-corrected chi connectivity index (χ0v) is 12.4. The van der Waals surface area contributed by atoms with Crippen molar-refractivity contribution < 1.29 is 4.74 Å². The highest BCUT2D eigenvalue weighted by Crippen LogP contribution is 2.26. The summed E-state index contributed by atoms with van der Waals surface area (Å²) < 4.78 is 5.99. The Bertz CT molecular complexity index is 350. The molecule has 0 aromatic carbocycles. The molecule has 1 N–H and O–H groups in total. The van der Waals surface area contributed by atoms with Crippen molar-refractivity contribution in [2.75, 3.05) is 13.2 Å². The van der Waals surface area contributed by atoms with Gasteiger partial charge in [0.1, 0.15) is 0 Å². The van der Waals surface area contributed by atoms with Gasteiger partial charge in [0, 0.05) is 18.0 Å².